The second-order valence-corrected chi connectivity index (χ2v) is 0. The monoisotopic (exact) mass is 220 g/mol. The minimum atomic E-state index is 0. The topological polar surface area (TPSA) is 31.5 Å². The van der Waals surface area contributed by atoms with Crippen LogP contribution in [0.1, 0.15) is 2.85 Å². The maximum absolute atomic E-state index is 0. The average Bonchev–Trinajstić information content (AvgIpc) is 0. The molecular formula is H5CaCeFO. The van der Waals surface area contributed by atoms with Gasteiger partial charge in [0.15, 0.2) is 0 Å². The van der Waals surface area contributed by atoms with Crippen LogP contribution < -0.4 is 0 Å². The van der Waals surface area contributed by atoms with Crippen LogP contribution >= 0.6 is 0 Å². The second-order valence-electron chi connectivity index (χ2n) is 0. The van der Waals surface area contributed by atoms with Gasteiger partial charge in [-0.2, -0.15) is 0 Å². The standard InChI is InChI=1S/Ca.Ce.FH.H2O.2H/h;;1H;1H2;;/q+2;;;;2*-1. The molecule has 0 aromatic carbocycles. The Hall–Kier alpha value is 2.53. The molecule has 0 aliphatic heterocycles. The molecule has 1 nitrogen and oxygen atoms in total. The third kappa shape index (κ3) is 8.82. The van der Waals surface area contributed by atoms with Crippen molar-refractivity contribution < 1.29 is 54.8 Å². The van der Waals surface area contributed by atoms with E-state index in [0.717, 1.165) is 0 Å². The predicted octanol–water partition coefficient (Wildman–Crippen LogP) is -0.828. The summed E-state index contributed by atoms with van der Waals surface area (Å²) in [5.74, 6) is 0. The van der Waals surface area contributed by atoms with Crippen LogP contribution in [0, 0.1) is 41.7 Å². The summed E-state index contributed by atoms with van der Waals surface area (Å²) >= 11 is 0. The van der Waals surface area contributed by atoms with Gasteiger partial charge in [-0.3, -0.25) is 4.70 Å². The SMILES string of the molecule is F.O.[Ca+2].[Ce].[H-].[H-]. The van der Waals surface area contributed by atoms with Crippen LogP contribution in [0.3, 0.4) is 0 Å². The van der Waals surface area contributed by atoms with E-state index in [-0.39, 0.29) is 92.5 Å². The summed E-state index contributed by atoms with van der Waals surface area (Å²) in [5.41, 5.74) is 0. The maximum Gasteiger partial charge on any atom is 2.00 e. The average molecular weight is 220 g/mol. The molecule has 0 radical (unpaired) electrons. The molecular weight excluding hydrogens is 215 g/mol. The first-order valence-electron chi connectivity index (χ1n) is 0. The molecule has 0 aromatic rings. The normalized spacial score (nSPS) is 0. The van der Waals surface area contributed by atoms with Crippen LogP contribution in [0.5, 0.6) is 0 Å². The molecule has 0 saturated carbocycles. The Kier molecular flexibility index (Phi) is 138. The number of hydrogen-bond acceptors (Lipinski definition) is 0. The van der Waals surface area contributed by atoms with Crippen molar-refractivity contribution >= 4 is 37.7 Å². The molecule has 0 aliphatic rings. The molecule has 24 valence electrons. The van der Waals surface area contributed by atoms with E-state index in [1.165, 1.54) is 0 Å². The summed E-state index contributed by atoms with van der Waals surface area (Å²) < 4.78 is 0. The van der Waals surface area contributed by atoms with Crippen LogP contribution in [0.25, 0.3) is 0 Å². The van der Waals surface area contributed by atoms with Gasteiger partial charge in [-0.15, -0.1) is 0 Å². The Balaban J connectivity index is 0. The first-order chi connectivity index (χ1) is 0. The maximum atomic E-state index is 0. The van der Waals surface area contributed by atoms with E-state index in [1.807, 2.05) is 0 Å². The van der Waals surface area contributed by atoms with Crippen molar-refractivity contribution in [3.63, 3.8) is 0 Å². The van der Waals surface area contributed by atoms with Crippen molar-refractivity contribution in [1.29, 1.82) is 0 Å². The van der Waals surface area contributed by atoms with Crippen molar-refractivity contribution in [2.75, 3.05) is 0 Å². The summed E-state index contributed by atoms with van der Waals surface area (Å²) in [5, 5.41) is 0. The Morgan fingerprint density at radius 1 is 1.25 bits per heavy atom. The number of rotatable bonds is 0. The Morgan fingerprint density at radius 3 is 1.25 bits per heavy atom. The van der Waals surface area contributed by atoms with Crippen molar-refractivity contribution in [3.8, 4) is 0 Å². The van der Waals surface area contributed by atoms with Gasteiger partial charge in [0.1, 0.15) is 0 Å². The van der Waals surface area contributed by atoms with E-state index in [2.05, 4.69) is 0 Å². The summed E-state index contributed by atoms with van der Waals surface area (Å²) in [4.78, 5) is 0. The Bertz CT molecular complexity index is 13.5. The Morgan fingerprint density at radius 2 is 1.25 bits per heavy atom. The van der Waals surface area contributed by atoms with Crippen molar-refractivity contribution in [3.05, 3.63) is 0 Å². The molecule has 0 spiro atoms. The molecule has 0 rings (SSSR count). The van der Waals surface area contributed by atoms with Gasteiger partial charge >= 0.3 is 37.7 Å². The summed E-state index contributed by atoms with van der Waals surface area (Å²) in [6, 6.07) is 0. The zero-order chi connectivity index (χ0) is 0. The van der Waals surface area contributed by atoms with E-state index in [9.17, 15) is 0 Å². The van der Waals surface area contributed by atoms with Gasteiger partial charge in [0, 0.05) is 41.7 Å². The van der Waals surface area contributed by atoms with Crippen LogP contribution in [-0.4, -0.2) is 43.2 Å². The molecule has 0 saturated heterocycles. The summed E-state index contributed by atoms with van der Waals surface area (Å²) in [7, 11) is 0. The number of halogens is 1. The van der Waals surface area contributed by atoms with Crippen molar-refractivity contribution in [2.24, 2.45) is 0 Å². The molecule has 0 amide bonds. The molecule has 2 N–H and O–H groups in total. The van der Waals surface area contributed by atoms with Gasteiger partial charge in [0.05, 0.1) is 0 Å². The molecule has 4 heavy (non-hydrogen) atoms. The molecule has 0 bridgehead atoms. The van der Waals surface area contributed by atoms with Crippen molar-refractivity contribution in [1.82, 2.24) is 0 Å². The largest absolute Gasteiger partial charge is 2.00 e. The van der Waals surface area contributed by atoms with Gasteiger partial charge in [-0.05, 0) is 0 Å². The van der Waals surface area contributed by atoms with Gasteiger partial charge < -0.3 is 8.33 Å². The Labute approximate surface area is 90.5 Å². The van der Waals surface area contributed by atoms with Gasteiger partial charge in [-0.25, -0.2) is 0 Å². The summed E-state index contributed by atoms with van der Waals surface area (Å²) in [6.07, 6.45) is 0. The van der Waals surface area contributed by atoms with Gasteiger partial charge in [0.2, 0.25) is 0 Å². The molecule has 0 atom stereocenters. The first kappa shape index (κ1) is 31.2. The molecule has 0 aliphatic carbocycles. The van der Waals surface area contributed by atoms with Crippen LogP contribution in [0.2, 0.25) is 0 Å². The first-order valence-corrected chi connectivity index (χ1v) is 0. The van der Waals surface area contributed by atoms with Crippen LogP contribution in [-0.2, 0) is 0 Å². The zero-order valence-corrected chi connectivity index (χ0v) is 7.46. The molecule has 0 aromatic heterocycles. The third-order valence-electron chi connectivity index (χ3n) is 0. The fourth-order valence-electron chi connectivity index (χ4n) is 0. The van der Waals surface area contributed by atoms with Crippen molar-refractivity contribution in [2.45, 2.75) is 0 Å². The van der Waals surface area contributed by atoms with E-state index >= 15 is 0 Å². The van der Waals surface area contributed by atoms with E-state index in [0.29, 0.717) is 0 Å². The quantitative estimate of drug-likeness (QED) is 0.477. The fraction of sp³-hybridized carbons (Fsp3) is 0. The predicted molar refractivity (Wildman–Crippen MR) is 14.1 cm³/mol. The molecule has 0 fully saturated rings. The third-order valence-corrected chi connectivity index (χ3v) is 0. The minimum Gasteiger partial charge on any atom is -1.00 e. The van der Waals surface area contributed by atoms with Gasteiger partial charge in [-0.1, -0.05) is 0 Å². The molecule has 0 unspecified atom stereocenters. The molecule has 4 heteroatoms. The van der Waals surface area contributed by atoms with E-state index in [4.69, 9.17) is 0 Å². The smallest absolute Gasteiger partial charge is 1.00 e. The van der Waals surface area contributed by atoms with Crippen LogP contribution in [0.15, 0.2) is 0 Å². The van der Waals surface area contributed by atoms with E-state index in [1.54, 1.807) is 0 Å². The van der Waals surface area contributed by atoms with Crippen LogP contribution in [0.4, 0.5) is 4.70 Å². The fourth-order valence-corrected chi connectivity index (χ4v) is 0. The minimum absolute atomic E-state index is 0. The van der Waals surface area contributed by atoms with Gasteiger partial charge in [0.25, 0.3) is 0 Å². The molecule has 0 heterocycles. The second kappa shape index (κ2) is 17.7. The zero-order valence-electron chi connectivity index (χ0n) is 4.12. The van der Waals surface area contributed by atoms with E-state index < -0.39 is 0 Å². The summed E-state index contributed by atoms with van der Waals surface area (Å²) in [6.45, 7) is 0. The number of hydrogen-bond donors (Lipinski definition) is 0.